The van der Waals surface area contributed by atoms with Gasteiger partial charge in [-0.05, 0) is 11.6 Å². The van der Waals surface area contributed by atoms with E-state index in [1.54, 1.807) is 0 Å². The van der Waals surface area contributed by atoms with Crippen LogP contribution >= 0.6 is 11.6 Å². The Hall–Kier alpha value is 0.01000. The average Bonchev–Trinajstić information content (AvgIpc) is 1.31. The molecule has 0 aromatic rings. The van der Waals surface area contributed by atoms with E-state index in [-0.39, 0.29) is 0 Å². The average molecular weight is 135 g/mol. The highest BCUT2D eigenvalue weighted by Crippen LogP contribution is 2.32. The first-order valence-electron chi connectivity index (χ1n) is 1.19. The van der Waals surface area contributed by atoms with Crippen molar-refractivity contribution >= 4 is 11.6 Å². The first-order chi connectivity index (χ1) is 2.94. The van der Waals surface area contributed by atoms with Gasteiger partial charge in [0.25, 0.3) is 0 Å². The van der Waals surface area contributed by atoms with Gasteiger partial charge in [-0.3, -0.25) is 0 Å². The zero-order valence-electron chi connectivity index (χ0n) is 2.89. The number of rotatable bonds is 1. The Morgan fingerprint density at radius 2 is 1.43 bits per heavy atom. The lowest BCUT2D eigenvalue weighted by Gasteiger charge is -2.00. The molecule has 0 fully saturated rings. The van der Waals surface area contributed by atoms with Gasteiger partial charge in [-0.25, -0.2) is 0 Å². The van der Waals surface area contributed by atoms with Gasteiger partial charge in [-0.15, -0.1) is 0 Å². The summed E-state index contributed by atoms with van der Waals surface area (Å²) in [4.78, 5) is 0. The molecule has 1 radical (unpaired) electrons. The summed E-state index contributed by atoms with van der Waals surface area (Å²) < 4.78 is 42.8. The van der Waals surface area contributed by atoms with Crippen LogP contribution in [0.3, 0.4) is 0 Å². The monoisotopic (exact) mass is 135 g/mol. The molecule has 0 spiro atoms. The van der Waals surface area contributed by atoms with Crippen molar-refractivity contribution in [1.29, 1.82) is 0 Å². The molecule has 0 aromatic heterocycles. The third-order valence-electron chi connectivity index (χ3n) is 0.214. The van der Waals surface area contributed by atoms with Gasteiger partial charge in [-0.2, -0.15) is 17.6 Å². The van der Waals surface area contributed by atoms with Crippen LogP contribution < -0.4 is 0 Å². The van der Waals surface area contributed by atoms with Crippen molar-refractivity contribution in [2.45, 2.75) is 5.38 Å². The highest BCUT2D eigenvalue weighted by atomic mass is 35.5. The third kappa shape index (κ3) is 2.68. The fourth-order valence-electron chi connectivity index (χ4n) is 0. The van der Waals surface area contributed by atoms with Gasteiger partial charge >= 0.3 is 11.8 Å². The van der Waals surface area contributed by atoms with E-state index in [1.165, 1.54) is 0 Å². The Kier molecular flexibility index (Phi) is 1.86. The predicted octanol–water partition coefficient (Wildman–Crippen LogP) is 2.25. The lowest BCUT2D eigenvalue weighted by molar-refractivity contribution is 0.0158. The minimum absolute atomic E-state index is 3.07. The third-order valence-corrected chi connectivity index (χ3v) is 0.357. The van der Waals surface area contributed by atoms with Crippen molar-refractivity contribution < 1.29 is 17.6 Å². The fourth-order valence-corrected chi connectivity index (χ4v) is 0. The molecule has 43 valence electrons. The molecule has 0 saturated heterocycles. The van der Waals surface area contributed by atoms with E-state index in [9.17, 15) is 17.6 Å². The first-order valence-corrected chi connectivity index (χ1v) is 1.57. The van der Waals surface area contributed by atoms with E-state index in [4.69, 9.17) is 0 Å². The highest BCUT2D eigenvalue weighted by Gasteiger charge is 2.40. The van der Waals surface area contributed by atoms with Crippen molar-refractivity contribution in [2.24, 2.45) is 0 Å². The summed E-state index contributed by atoms with van der Waals surface area (Å²) in [5.41, 5.74) is 0. The normalized spacial score (nSPS) is 12.9. The summed E-state index contributed by atoms with van der Waals surface area (Å²) in [5, 5.41) is -4.44. The van der Waals surface area contributed by atoms with E-state index in [0.717, 1.165) is 0 Å². The number of alkyl halides is 3. The summed E-state index contributed by atoms with van der Waals surface area (Å²) in [6.07, 6.45) is -3.07. The highest BCUT2D eigenvalue weighted by molar-refractivity contribution is 6.22. The molecular formula is C2ClF4. The molecule has 0 aliphatic carbocycles. The van der Waals surface area contributed by atoms with Crippen molar-refractivity contribution in [1.82, 2.24) is 0 Å². The Bertz CT molecular complexity index is 55.2. The summed E-state index contributed by atoms with van der Waals surface area (Å²) in [6.45, 7) is 0. The van der Waals surface area contributed by atoms with Crippen LogP contribution in [0.1, 0.15) is 0 Å². The second-order valence-electron chi connectivity index (χ2n) is 0.758. The lowest BCUT2D eigenvalue weighted by Crippen LogP contribution is -2.09. The minimum Gasteiger partial charge on any atom is -0.191 e. The second kappa shape index (κ2) is 1.86. The van der Waals surface area contributed by atoms with Crippen LogP contribution in [0.2, 0.25) is 0 Å². The van der Waals surface area contributed by atoms with Crippen molar-refractivity contribution in [2.75, 3.05) is 0 Å². The molecule has 0 rings (SSSR count). The van der Waals surface area contributed by atoms with Crippen LogP contribution in [0, 0.1) is 6.43 Å². The maximum absolute atomic E-state index is 10.8. The topological polar surface area (TPSA) is 0 Å². The molecule has 0 atom stereocenters. The zero-order chi connectivity index (χ0) is 6.08. The molecule has 0 heterocycles. The Balaban J connectivity index is 3.54. The van der Waals surface area contributed by atoms with E-state index in [2.05, 4.69) is 11.6 Å². The summed E-state index contributed by atoms with van der Waals surface area (Å²) in [7, 11) is 0. The molecule has 0 unspecified atom stereocenters. The zero-order valence-corrected chi connectivity index (χ0v) is 3.65. The Labute approximate surface area is 42.1 Å². The molecule has 0 aromatic carbocycles. The van der Waals surface area contributed by atoms with Gasteiger partial charge in [0.2, 0.25) is 0 Å². The Morgan fingerprint density at radius 1 is 1.29 bits per heavy atom. The van der Waals surface area contributed by atoms with E-state index in [0.29, 0.717) is 0 Å². The SMILES string of the molecule is F[C](F)C(F)(F)Cl. The summed E-state index contributed by atoms with van der Waals surface area (Å²) in [5.74, 6) is 0. The quantitative estimate of drug-likeness (QED) is 0.382. The number of hydrogen-bond donors (Lipinski definition) is 0. The van der Waals surface area contributed by atoms with E-state index >= 15 is 0 Å². The van der Waals surface area contributed by atoms with E-state index < -0.39 is 11.8 Å². The molecule has 5 heteroatoms. The molecule has 0 nitrogen and oxygen atoms in total. The molecular weight excluding hydrogens is 135 g/mol. The lowest BCUT2D eigenvalue weighted by atomic mass is 10.7. The van der Waals surface area contributed by atoms with Crippen LogP contribution in [0.15, 0.2) is 0 Å². The van der Waals surface area contributed by atoms with Crippen LogP contribution in [0.5, 0.6) is 0 Å². The standard InChI is InChI=1S/C2ClF4/c3-2(6,7)1(4)5. The fraction of sp³-hybridized carbons (Fsp3) is 0.500. The van der Waals surface area contributed by atoms with Gasteiger partial charge in [-0.1, -0.05) is 0 Å². The summed E-state index contributed by atoms with van der Waals surface area (Å²) >= 11 is 3.75. The van der Waals surface area contributed by atoms with Crippen LogP contribution in [-0.4, -0.2) is 5.38 Å². The molecule has 0 saturated carbocycles. The Morgan fingerprint density at radius 3 is 1.43 bits per heavy atom. The molecule has 0 bridgehead atoms. The largest absolute Gasteiger partial charge is 0.394 e. The molecule has 0 amide bonds. The van der Waals surface area contributed by atoms with Gasteiger partial charge in [0.1, 0.15) is 0 Å². The van der Waals surface area contributed by atoms with Crippen LogP contribution in [-0.2, 0) is 0 Å². The maximum atomic E-state index is 10.8. The first kappa shape index (κ1) is 7.01. The van der Waals surface area contributed by atoms with Gasteiger partial charge in [0, 0.05) is 0 Å². The number of hydrogen-bond acceptors (Lipinski definition) is 0. The molecule has 0 aliphatic heterocycles. The summed E-state index contributed by atoms with van der Waals surface area (Å²) in [6, 6.07) is 0. The number of halogens is 5. The predicted molar refractivity (Wildman–Crippen MR) is 16.3 cm³/mol. The van der Waals surface area contributed by atoms with E-state index in [1.807, 2.05) is 0 Å². The maximum Gasteiger partial charge on any atom is 0.394 e. The minimum atomic E-state index is -4.44. The van der Waals surface area contributed by atoms with Gasteiger partial charge in [0.05, 0.1) is 0 Å². The second-order valence-corrected chi connectivity index (χ2v) is 1.23. The van der Waals surface area contributed by atoms with Crippen molar-refractivity contribution in [3.05, 3.63) is 6.43 Å². The molecule has 0 aliphatic rings. The van der Waals surface area contributed by atoms with Gasteiger partial charge in [0.15, 0.2) is 0 Å². The van der Waals surface area contributed by atoms with Crippen LogP contribution in [0.25, 0.3) is 0 Å². The smallest absolute Gasteiger partial charge is 0.191 e. The molecule has 7 heavy (non-hydrogen) atoms. The van der Waals surface area contributed by atoms with Crippen molar-refractivity contribution in [3.63, 3.8) is 0 Å². The van der Waals surface area contributed by atoms with Crippen LogP contribution in [0.4, 0.5) is 17.6 Å². The van der Waals surface area contributed by atoms with Gasteiger partial charge < -0.3 is 0 Å². The van der Waals surface area contributed by atoms with Crippen molar-refractivity contribution in [3.8, 4) is 0 Å². The molecule has 0 N–H and O–H groups in total.